The van der Waals surface area contributed by atoms with Crippen molar-refractivity contribution in [3.05, 3.63) is 34.9 Å². The van der Waals surface area contributed by atoms with Gasteiger partial charge in [-0.25, -0.2) is 9.78 Å². The molecule has 96 valence electrons. The fourth-order valence-corrected chi connectivity index (χ4v) is 2.33. The largest absolute Gasteiger partial charge is 0.303 e. The number of carbonyl (C=O) groups is 2. The van der Waals surface area contributed by atoms with E-state index >= 15 is 0 Å². The van der Waals surface area contributed by atoms with Crippen molar-refractivity contribution in [1.82, 2.24) is 0 Å². The van der Waals surface area contributed by atoms with Crippen LogP contribution in [0.4, 0.5) is 0 Å². The minimum atomic E-state index is -0.143. The van der Waals surface area contributed by atoms with Crippen LogP contribution in [0, 0.1) is 5.92 Å². The topological polar surface area (TPSA) is 52.6 Å². The van der Waals surface area contributed by atoms with Crippen LogP contribution in [0.1, 0.15) is 34.3 Å². The lowest BCUT2D eigenvalue weighted by Gasteiger charge is -2.22. The van der Waals surface area contributed by atoms with Crippen LogP contribution in [-0.2, 0) is 27.6 Å². The van der Waals surface area contributed by atoms with E-state index in [1.165, 1.54) is 7.11 Å². The second-order valence-electron chi connectivity index (χ2n) is 4.42. The molecule has 0 amide bonds. The van der Waals surface area contributed by atoms with E-state index in [1.807, 2.05) is 18.2 Å². The van der Waals surface area contributed by atoms with Gasteiger partial charge in [-0.15, -0.1) is 0 Å². The van der Waals surface area contributed by atoms with Gasteiger partial charge in [-0.05, 0) is 24.0 Å². The maximum Gasteiger partial charge on any atom is 0.166 e. The van der Waals surface area contributed by atoms with Crippen LogP contribution < -0.4 is 0 Å². The van der Waals surface area contributed by atoms with Gasteiger partial charge in [-0.1, -0.05) is 18.2 Å². The van der Waals surface area contributed by atoms with E-state index in [4.69, 9.17) is 4.89 Å². The first kappa shape index (κ1) is 12.9. The predicted molar refractivity (Wildman–Crippen MR) is 65.1 cm³/mol. The molecule has 4 heteroatoms. The number of aryl methyl sites for hydroxylation is 1. The van der Waals surface area contributed by atoms with Crippen LogP contribution in [0.15, 0.2) is 18.2 Å². The van der Waals surface area contributed by atoms with Crippen molar-refractivity contribution in [2.24, 2.45) is 5.92 Å². The quantitative estimate of drug-likeness (QED) is 0.455. The second kappa shape index (κ2) is 5.89. The summed E-state index contributed by atoms with van der Waals surface area (Å²) in [5, 5.41) is 0. The Hall–Kier alpha value is -1.52. The number of carbonyl (C=O) groups excluding carboxylic acids is 2. The van der Waals surface area contributed by atoms with Crippen LogP contribution in [0.3, 0.4) is 0 Å². The average Bonchev–Trinajstić information content (AvgIpc) is 2.40. The minimum Gasteiger partial charge on any atom is -0.303 e. The highest BCUT2D eigenvalue weighted by Gasteiger charge is 2.26. The number of aldehydes is 1. The first-order valence-electron chi connectivity index (χ1n) is 6.01. The number of rotatable bonds is 5. The van der Waals surface area contributed by atoms with Crippen molar-refractivity contribution < 1.29 is 19.4 Å². The van der Waals surface area contributed by atoms with Crippen molar-refractivity contribution in [2.75, 3.05) is 7.11 Å². The van der Waals surface area contributed by atoms with Crippen LogP contribution in [0.5, 0.6) is 0 Å². The van der Waals surface area contributed by atoms with Gasteiger partial charge in [-0.2, -0.15) is 0 Å². The third-order valence-electron chi connectivity index (χ3n) is 3.29. The van der Waals surface area contributed by atoms with Gasteiger partial charge >= 0.3 is 0 Å². The molecule has 1 aromatic carbocycles. The number of benzene rings is 1. The number of hydrogen-bond acceptors (Lipinski definition) is 4. The van der Waals surface area contributed by atoms with E-state index in [9.17, 15) is 9.59 Å². The average molecular weight is 248 g/mol. The Morgan fingerprint density at radius 1 is 1.44 bits per heavy atom. The molecule has 0 aliphatic heterocycles. The molecule has 1 unspecified atom stereocenters. The summed E-state index contributed by atoms with van der Waals surface area (Å²) >= 11 is 0. The smallest absolute Gasteiger partial charge is 0.166 e. The third kappa shape index (κ3) is 2.66. The van der Waals surface area contributed by atoms with E-state index < -0.39 is 0 Å². The van der Waals surface area contributed by atoms with E-state index in [1.54, 1.807) is 0 Å². The molecule has 0 spiro atoms. The molecule has 0 heterocycles. The molecule has 0 bridgehead atoms. The highest BCUT2D eigenvalue weighted by molar-refractivity contribution is 6.01. The SMILES string of the molecule is COOCc1ccc2c(c1)CCC(CC=O)C2=O. The van der Waals surface area contributed by atoms with Crippen LogP contribution in [-0.4, -0.2) is 19.2 Å². The summed E-state index contributed by atoms with van der Waals surface area (Å²) in [5.74, 6) is -0.0568. The molecule has 18 heavy (non-hydrogen) atoms. The zero-order valence-electron chi connectivity index (χ0n) is 10.3. The zero-order valence-corrected chi connectivity index (χ0v) is 10.3. The maximum absolute atomic E-state index is 12.1. The summed E-state index contributed by atoms with van der Waals surface area (Å²) in [6.45, 7) is 0.371. The number of ketones is 1. The molecule has 0 saturated carbocycles. The van der Waals surface area contributed by atoms with Crippen molar-refractivity contribution in [2.45, 2.75) is 25.9 Å². The Bertz CT molecular complexity index is 453. The molecule has 1 atom stereocenters. The van der Waals surface area contributed by atoms with Gasteiger partial charge in [0.25, 0.3) is 0 Å². The first-order chi connectivity index (χ1) is 8.76. The Balaban J connectivity index is 2.18. The molecule has 4 nitrogen and oxygen atoms in total. The number of Topliss-reactive ketones (excluding diaryl/α,β-unsaturated/α-hetero) is 1. The zero-order chi connectivity index (χ0) is 13.0. The molecule has 0 aromatic heterocycles. The summed E-state index contributed by atoms with van der Waals surface area (Å²) in [6, 6.07) is 5.66. The Morgan fingerprint density at radius 3 is 3.00 bits per heavy atom. The lowest BCUT2D eigenvalue weighted by atomic mass is 9.81. The molecule has 1 aliphatic rings. The normalized spacial score (nSPS) is 18.5. The van der Waals surface area contributed by atoms with Crippen molar-refractivity contribution in [3.63, 3.8) is 0 Å². The van der Waals surface area contributed by atoms with Gasteiger partial charge in [0.05, 0.1) is 7.11 Å². The summed E-state index contributed by atoms with van der Waals surface area (Å²) in [7, 11) is 1.46. The number of hydrogen-bond donors (Lipinski definition) is 0. The number of fused-ring (bicyclic) bond motifs is 1. The Morgan fingerprint density at radius 2 is 2.28 bits per heavy atom. The van der Waals surface area contributed by atoms with Crippen molar-refractivity contribution >= 4 is 12.1 Å². The standard InChI is InChI=1S/C14H16O4/c1-17-18-9-10-2-5-13-12(8-10)4-3-11(6-7-15)14(13)16/h2,5,7-8,11H,3-4,6,9H2,1H3. The minimum absolute atomic E-state index is 0.0857. The van der Waals surface area contributed by atoms with Gasteiger partial charge < -0.3 is 4.79 Å². The molecular weight excluding hydrogens is 232 g/mol. The molecule has 0 N–H and O–H groups in total. The Kier molecular flexibility index (Phi) is 4.23. The fourth-order valence-electron chi connectivity index (χ4n) is 2.33. The first-order valence-corrected chi connectivity index (χ1v) is 6.01. The molecular formula is C14H16O4. The molecule has 1 aliphatic carbocycles. The molecule has 1 aromatic rings. The Labute approximate surface area is 106 Å². The molecule has 0 radical (unpaired) electrons. The fraction of sp³-hybridized carbons (Fsp3) is 0.429. The van der Waals surface area contributed by atoms with E-state index in [0.717, 1.165) is 35.8 Å². The highest BCUT2D eigenvalue weighted by atomic mass is 17.2. The summed E-state index contributed by atoms with van der Waals surface area (Å²) in [6.07, 6.45) is 2.74. The van der Waals surface area contributed by atoms with E-state index in [2.05, 4.69) is 4.89 Å². The van der Waals surface area contributed by atoms with Gasteiger partial charge in [-0.3, -0.25) is 4.79 Å². The summed E-state index contributed by atoms with van der Waals surface area (Å²) in [4.78, 5) is 32.1. The van der Waals surface area contributed by atoms with E-state index in [-0.39, 0.29) is 11.7 Å². The van der Waals surface area contributed by atoms with E-state index in [0.29, 0.717) is 13.0 Å². The van der Waals surface area contributed by atoms with Crippen LogP contribution in [0.25, 0.3) is 0 Å². The monoisotopic (exact) mass is 248 g/mol. The van der Waals surface area contributed by atoms with Crippen LogP contribution in [0.2, 0.25) is 0 Å². The van der Waals surface area contributed by atoms with Crippen LogP contribution >= 0.6 is 0 Å². The summed E-state index contributed by atoms with van der Waals surface area (Å²) < 4.78 is 0. The predicted octanol–water partition coefficient (Wildman–Crippen LogP) is 2.10. The van der Waals surface area contributed by atoms with Crippen molar-refractivity contribution in [3.8, 4) is 0 Å². The lowest BCUT2D eigenvalue weighted by Crippen LogP contribution is -2.23. The highest BCUT2D eigenvalue weighted by Crippen LogP contribution is 2.28. The van der Waals surface area contributed by atoms with Gasteiger partial charge in [0.1, 0.15) is 12.9 Å². The lowest BCUT2D eigenvalue weighted by molar-refractivity contribution is -0.282. The second-order valence-corrected chi connectivity index (χ2v) is 4.42. The van der Waals surface area contributed by atoms with Gasteiger partial charge in [0.15, 0.2) is 5.78 Å². The van der Waals surface area contributed by atoms with Gasteiger partial charge in [0, 0.05) is 17.9 Å². The molecule has 0 saturated heterocycles. The molecule has 0 fully saturated rings. The third-order valence-corrected chi connectivity index (χ3v) is 3.29. The summed E-state index contributed by atoms with van der Waals surface area (Å²) in [5.41, 5.74) is 2.77. The molecule has 2 rings (SSSR count). The maximum atomic E-state index is 12.1. The van der Waals surface area contributed by atoms with Gasteiger partial charge in [0.2, 0.25) is 0 Å². The van der Waals surface area contributed by atoms with Crippen molar-refractivity contribution in [1.29, 1.82) is 0 Å².